The molecular formula is C6H11NO3S. The molecule has 1 saturated carbocycles. The van der Waals surface area contributed by atoms with E-state index in [0.29, 0.717) is 5.75 Å². The summed E-state index contributed by atoms with van der Waals surface area (Å²) in [4.78, 5) is 10.8. The molecule has 5 heteroatoms. The Kier molecular flexibility index (Phi) is 2.62. The molecule has 1 unspecified atom stereocenters. The summed E-state index contributed by atoms with van der Waals surface area (Å²) in [6.45, 7) is 0. The zero-order chi connectivity index (χ0) is 8.43. The number of nitrogens with two attached hydrogens (primary N) is 1. The molecule has 1 fully saturated rings. The molecule has 0 heterocycles. The summed E-state index contributed by atoms with van der Waals surface area (Å²) >= 11 is 0. The van der Waals surface area contributed by atoms with Gasteiger partial charge in [-0.2, -0.15) is 0 Å². The lowest BCUT2D eigenvalue weighted by Gasteiger charge is -1.95. The quantitative estimate of drug-likeness (QED) is 0.586. The molecule has 0 aliphatic heterocycles. The molecule has 0 aromatic carbocycles. The average Bonchev–Trinajstić information content (AvgIpc) is 2.65. The number of ether oxygens (including phenoxy) is 1. The first-order valence-corrected chi connectivity index (χ1v) is 4.74. The van der Waals surface area contributed by atoms with Crippen LogP contribution in [0.15, 0.2) is 0 Å². The molecule has 1 aliphatic rings. The first kappa shape index (κ1) is 8.67. The van der Waals surface area contributed by atoms with Gasteiger partial charge >= 0.3 is 5.97 Å². The van der Waals surface area contributed by atoms with E-state index in [0.717, 1.165) is 6.42 Å². The lowest BCUT2D eigenvalue weighted by Crippen LogP contribution is -2.12. The van der Waals surface area contributed by atoms with Gasteiger partial charge in [-0.25, -0.2) is 4.21 Å². The SMILES string of the molecule is COC(=O)[C@H]1C[C@H]1CS(N)=O. The highest BCUT2D eigenvalue weighted by Crippen LogP contribution is 2.39. The van der Waals surface area contributed by atoms with Gasteiger partial charge in [-0.05, 0) is 12.3 Å². The number of hydrogen-bond acceptors (Lipinski definition) is 3. The zero-order valence-electron chi connectivity index (χ0n) is 6.28. The standard InChI is InChI=1S/C6H11NO3S/c1-10-6(8)5-2-4(5)3-11(7)9/h4-5H,2-3,7H2,1H3/t4-,5-,11?/m0/s1. The highest BCUT2D eigenvalue weighted by atomic mass is 32.2. The Balaban J connectivity index is 2.26. The van der Waals surface area contributed by atoms with Crippen molar-refractivity contribution in [2.24, 2.45) is 17.0 Å². The van der Waals surface area contributed by atoms with Crippen LogP contribution < -0.4 is 5.14 Å². The normalized spacial score (nSPS) is 31.1. The second kappa shape index (κ2) is 3.32. The van der Waals surface area contributed by atoms with Gasteiger partial charge in [0.05, 0.1) is 24.0 Å². The van der Waals surface area contributed by atoms with Crippen LogP contribution in [0.5, 0.6) is 0 Å². The molecular weight excluding hydrogens is 166 g/mol. The Morgan fingerprint density at radius 2 is 2.45 bits per heavy atom. The third-order valence-electron chi connectivity index (χ3n) is 1.80. The van der Waals surface area contributed by atoms with Gasteiger partial charge in [0.1, 0.15) is 0 Å². The third kappa shape index (κ3) is 2.27. The third-order valence-corrected chi connectivity index (χ3v) is 2.56. The van der Waals surface area contributed by atoms with E-state index in [1.807, 2.05) is 0 Å². The van der Waals surface area contributed by atoms with Crippen LogP contribution in [0.3, 0.4) is 0 Å². The molecule has 2 N–H and O–H groups in total. The molecule has 0 spiro atoms. The fourth-order valence-electron chi connectivity index (χ4n) is 1.08. The van der Waals surface area contributed by atoms with Gasteiger partial charge in [-0.15, -0.1) is 0 Å². The Morgan fingerprint density at radius 1 is 1.82 bits per heavy atom. The van der Waals surface area contributed by atoms with Crippen molar-refractivity contribution in [1.29, 1.82) is 0 Å². The molecule has 64 valence electrons. The molecule has 11 heavy (non-hydrogen) atoms. The molecule has 4 nitrogen and oxygen atoms in total. The molecule has 0 saturated heterocycles. The first-order chi connectivity index (χ1) is 5.15. The molecule has 0 bridgehead atoms. The summed E-state index contributed by atoms with van der Waals surface area (Å²) in [5.41, 5.74) is 0. The molecule has 1 aliphatic carbocycles. The van der Waals surface area contributed by atoms with Crippen molar-refractivity contribution in [3.05, 3.63) is 0 Å². The number of carbonyl (C=O) groups excluding carboxylic acids is 1. The number of carbonyl (C=O) groups is 1. The predicted molar refractivity (Wildman–Crippen MR) is 40.8 cm³/mol. The fraction of sp³-hybridized carbons (Fsp3) is 0.833. The van der Waals surface area contributed by atoms with E-state index in [2.05, 4.69) is 4.74 Å². The van der Waals surface area contributed by atoms with E-state index in [4.69, 9.17) is 5.14 Å². The van der Waals surface area contributed by atoms with Crippen molar-refractivity contribution in [3.63, 3.8) is 0 Å². The summed E-state index contributed by atoms with van der Waals surface area (Å²) < 4.78 is 15.0. The molecule has 0 amide bonds. The maximum atomic E-state index is 10.8. The Labute approximate surface area is 67.7 Å². The maximum Gasteiger partial charge on any atom is 0.308 e. The van der Waals surface area contributed by atoms with Gasteiger partial charge in [0.15, 0.2) is 0 Å². The van der Waals surface area contributed by atoms with Crippen LogP contribution in [0.2, 0.25) is 0 Å². The molecule has 0 aromatic heterocycles. The Morgan fingerprint density at radius 3 is 2.91 bits per heavy atom. The molecule has 0 radical (unpaired) electrons. The van der Waals surface area contributed by atoms with Crippen molar-refractivity contribution < 1.29 is 13.7 Å². The van der Waals surface area contributed by atoms with E-state index in [1.165, 1.54) is 7.11 Å². The minimum absolute atomic E-state index is 0.0486. The minimum atomic E-state index is -1.28. The number of rotatable bonds is 3. The summed E-state index contributed by atoms with van der Waals surface area (Å²) in [6.07, 6.45) is 0.773. The van der Waals surface area contributed by atoms with E-state index in [9.17, 15) is 9.00 Å². The van der Waals surface area contributed by atoms with Crippen LogP contribution in [0, 0.1) is 11.8 Å². The molecule has 3 atom stereocenters. The zero-order valence-corrected chi connectivity index (χ0v) is 7.10. The fourth-order valence-corrected chi connectivity index (χ4v) is 1.87. The minimum Gasteiger partial charge on any atom is -0.469 e. The lowest BCUT2D eigenvalue weighted by atomic mass is 10.3. The molecule has 0 aromatic rings. The lowest BCUT2D eigenvalue weighted by molar-refractivity contribution is -0.142. The predicted octanol–water partition coefficient (Wildman–Crippen LogP) is -0.582. The van der Waals surface area contributed by atoms with Gasteiger partial charge in [0, 0.05) is 5.75 Å². The largest absolute Gasteiger partial charge is 0.469 e. The van der Waals surface area contributed by atoms with E-state index < -0.39 is 11.0 Å². The maximum absolute atomic E-state index is 10.8. The first-order valence-electron chi connectivity index (χ1n) is 3.35. The van der Waals surface area contributed by atoms with E-state index >= 15 is 0 Å². The van der Waals surface area contributed by atoms with Crippen LogP contribution in [0.4, 0.5) is 0 Å². The van der Waals surface area contributed by atoms with Gasteiger partial charge in [-0.3, -0.25) is 9.93 Å². The van der Waals surface area contributed by atoms with Crippen molar-refractivity contribution >= 4 is 17.0 Å². The van der Waals surface area contributed by atoms with Crippen molar-refractivity contribution in [1.82, 2.24) is 0 Å². The van der Waals surface area contributed by atoms with Crippen LogP contribution in [0.25, 0.3) is 0 Å². The average molecular weight is 177 g/mol. The second-order valence-corrected chi connectivity index (χ2v) is 3.77. The second-order valence-electron chi connectivity index (χ2n) is 2.67. The number of methoxy groups -OCH3 is 1. The summed E-state index contributed by atoms with van der Waals surface area (Å²) in [5.74, 6) is 0.348. The highest BCUT2D eigenvalue weighted by Gasteiger charge is 2.44. The van der Waals surface area contributed by atoms with Crippen LogP contribution in [0.1, 0.15) is 6.42 Å². The van der Waals surface area contributed by atoms with Crippen LogP contribution in [-0.2, 0) is 20.5 Å². The van der Waals surface area contributed by atoms with Gasteiger partial charge in [0.2, 0.25) is 0 Å². The summed E-state index contributed by atoms with van der Waals surface area (Å²) in [6, 6.07) is 0. The van der Waals surface area contributed by atoms with Gasteiger partial charge in [0.25, 0.3) is 0 Å². The van der Waals surface area contributed by atoms with Crippen molar-refractivity contribution in [2.45, 2.75) is 6.42 Å². The Bertz CT molecular complexity index is 194. The van der Waals surface area contributed by atoms with Crippen molar-refractivity contribution in [2.75, 3.05) is 12.9 Å². The van der Waals surface area contributed by atoms with Crippen LogP contribution >= 0.6 is 0 Å². The van der Waals surface area contributed by atoms with Crippen LogP contribution in [-0.4, -0.2) is 23.0 Å². The van der Waals surface area contributed by atoms with E-state index in [1.54, 1.807) is 0 Å². The number of esters is 1. The van der Waals surface area contributed by atoms with E-state index in [-0.39, 0.29) is 17.8 Å². The Hall–Kier alpha value is -0.420. The van der Waals surface area contributed by atoms with Gasteiger partial charge in [-0.1, -0.05) is 0 Å². The monoisotopic (exact) mass is 177 g/mol. The molecule has 1 rings (SSSR count). The topological polar surface area (TPSA) is 69.4 Å². The highest BCUT2D eigenvalue weighted by molar-refractivity contribution is 7.82. The number of hydrogen-bond donors (Lipinski definition) is 1. The smallest absolute Gasteiger partial charge is 0.308 e. The summed E-state index contributed by atoms with van der Waals surface area (Å²) in [5, 5.41) is 5.06. The van der Waals surface area contributed by atoms with Crippen molar-refractivity contribution in [3.8, 4) is 0 Å². The summed E-state index contributed by atoms with van der Waals surface area (Å²) in [7, 11) is 0.0781. The van der Waals surface area contributed by atoms with Gasteiger partial charge < -0.3 is 4.74 Å².